The van der Waals surface area contributed by atoms with E-state index in [2.05, 4.69) is 26.1 Å². The highest BCUT2D eigenvalue weighted by molar-refractivity contribution is 9.10. The summed E-state index contributed by atoms with van der Waals surface area (Å²) in [4.78, 5) is 15.0. The van der Waals surface area contributed by atoms with E-state index in [9.17, 15) is 4.79 Å². The third-order valence-electron chi connectivity index (χ3n) is 2.38. The molecule has 0 amide bonds. The van der Waals surface area contributed by atoms with Gasteiger partial charge in [-0.3, -0.25) is 0 Å². The van der Waals surface area contributed by atoms with E-state index in [1.54, 1.807) is 4.57 Å². The Balaban J connectivity index is 2.14. The van der Waals surface area contributed by atoms with E-state index >= 15 is 0 Å². The van der Waals surface area contributed by atoms with Crippen molar-refractivity contribution < 1.29 is 14.4 Å². The number of nitrogens with zero attached hydrogens (tertiary/aromatic N) is 3. The smallest absolute Gasteiger partial charge is 0.337 e. The third kappa shape index (κ3) is 2.79. The summed E-state index contributed by atoms with van der Waals surface area (Å²) in [7, 11) is 0. The van der Waals surface area contributed by atoms with Crippen LogP contribution in [-0.4, -0.2) is 25.8 Å². The number of carbonyl (C=O) groups is 1. The van der Waals surface area contributed by atoms with Crippen molar-refractivity contribution in [2.45, 2.75) is 26.3 Å². The standard InChI is InChI=1S/C11H12BrN3O3/c1-2-3-10-13-9(14-18-10)6-15-5-7(11(16)17)4-8(15)12/h4-5H,2-3,6H2,1H3,(H,16,17). The van der Waals surface area contributed by atoms with E-state index in [4.69, 9.17) is 9.63 Å². The first-order valence-corrected chi connectivity index (χ1v) is 6.30. The lowest BCUT2D eigenvalue weighted by Crippen LogP contribution is -2.01. The van der Waals surface area contributed by atoms with E-state index in [1.165, 1.54) is 12.3 Å². The minimum Gasteiger partial charge on any atom is -0.478 e. The molecule has 0 saturated heterocycles. The van der Waals surface area contributed by atoms with Gasteiger partial charge in [0, 0.05) is 12.6 Å². The van der Waals surface area contributed by atoms with E-state index in [1.807, 2.05) is 6.92 Å². The summed E-state index contributed by atoms with van der Waals surface area (Å²) in [6.45, 7) is 2.41. The summed E-state index contributed by atoms with van der Waals surface area (Å²) in [5.74, 6) is 0.176. The van der Waals surface area contributed by atoms with Crippen molar-refractivity contribution >= 4 is 21.9 Å². The zero-order valence-corrected chi connectivity index (χ0v) is 11.3. The summed E-state index contributed by atoms with van der Waals surface area (Å²) in [6.07, 6.45) is 3.22. The highest BCUT2D eigenvalue weighted by Crippen LogP contribution is 2.16. The molecule has 0 unspecified atom stereocenters. The summed E-state index contributed by atoms with van der Waals surface area (Å²) >= 11 is 3.29. The van der Waals surface area contributed by atoms with Gasteiger partial charge in [-0.1, -0.05) is 12.1 Å². The summed E-state index contributed by atoms with van der Waals surface area (Å²) in [6, 6.07) is 1.54. The maximum Gasteiger partial charge on any atom is 0.337 e. The highest BCUT2D eigenvalue weighted by atomic mass is 79.9. The van der Waals surface area contributed by atoms with Crippen LogP contribution in [0, 0.1) is 0 Å². The first kappa shape index (κ1) is 12.8. The molecule has 0 aromatic carbocycles. The lowest BCUT2D eigenvalue weighted by atomic mass is 10.3. The first-order valence-electron chi connectivity index (χ1n) is 5.50. The van der Waals surface area contributed by atoms with Gasteiger partial charge < -0.3 is 14.2 Å². The van der Waals surface area contributed by atoms with Crippen LogP contribution in [-0.2, 0) is 13.0 Å². The normalized spacial score (nSPS) is 10.8. The Kier molecular flexibility index (Phi) is 3.81. The molecule has 0 aliphatic carbocycles. The Labute approximate surface area is 112 Å². The van der Waals surface area contributed by atoms with Gasteiger partial charge in [0.2, 0.25) is 5.89 Å². The van der Waals surface area contributed by atoms with Crippen molar-refractivity contribution in [1.29, 1.82) is 0 Å². The Morgan fingerprint density at radius 1 is 1.61 bits per heavy atom. The van der Waals surface area contributed by atoms with Gasteiger partial charge in [-0.05, 0) is 28.4 Å². The molecule has 1 N–H and O–H groups in total. The minimum absolute atomic E-state index is 0.221. The van der Waals surface area contributed by atoms with Crippen LogP contribution in [0.3, 0.4) is 0 Å². The fourth-order valence-corrected chi connectivity index (χ4v) is 2.01. The Morgan fingerprint density at radius 2 is 2.39 bits per heavy atom. The molecule has 0 aliphatic heterocycles. The number of aromatic carboxylic acids is 1. The maximum absolute atomic E-state index is 10.8. The van der Waals surface area contributed by atoms with Gasteiger partial charge in [0.25, 0.3) is 0 Å². The molecule has 2 rings (SSSR count). The predicted octanol–water partition coefficient (Wildman–Crippen LogP) is 2.33. The molecule has 0 aliphatic rings. The molecule has 6 nitrogen and oxygen atoms in total. The number of carboxylic acids is 1. The number of rotatable bonds is 5. The van der Waals surface area contributed by atoms with Crippen molar-refractivity contribution in [3.05, 3.63) is 34.1 Å². The van der Waals surface area contributed by atoms with Crippen LogP contribution < -0.4 is 0 Å². The maximum atomic E-state index is 10.8. The van der Waals surface area contributed by atoms with Crippen LogP contribution in [0.15, 0.2) is 21.4 Å². The second-order valence-electron chi connectivity index (χ2n) is 3.84. The lowest BCUT2D eigenvalue weighted by molar-refractivity contribution is 0.0697. The van der Waals surface area contributed by atoms with E-state index < -0.39 is 5.97 Å². The Bertz CT molecular complexity index is 562. The third-order valence-corrected chi connectivity index (χ3v) is 3.06. The number of carboxylic acid groups (broad SMARTS) is 1. The van der Waals surface area contributed by atoms with E-state index in [0.29, 0.717) is 22.9 Å². The Morgan fingerprint density at radius 3 is 3.00 bits per heavy atom. The van der Waals surface area contributed by atoms with Crippen LogP contribution in [0.2, 0.25) is 0 Å². The lowest BCUT2D eigenvalue weighted by Gasteiger charge is -1.99. The number of aryl methyl sites for hydroxylation is 1. The predicted molar refractivity (Wildman–Crippen MR) is 66.5 cm³/mol. The average molecular weight is 314 g/mol. The van der Waals surface area contributed by atoms with Crippen molar-refractivity contribution in [3.8, 4) is 0 Å². The second-order valence-corrected chi connectivity index (χ2v) is 4.65. The number of hydrogen-bond acceptors (Lipinski definition) is 4. The molecule has 0 atom stereocenters. The summed E-state index contributed by atoms with van der Waals surface area (Å²) in [5, 5.41) is 12.7. The van der Waals surface area contributed by atoms with Crippen LogP contribution >= 0.6 is 15.9 Å². The molecule has 2 aromatic heterocycles. The van der Waals surface area contributed by atoms with Crippen LogP contribution in [0.5, 0.6) is 0 Å². The molecule has 0 spiro atoms. The van der Waals surface area contributed by atoms with Gasteiger partial charge in [0.1, 0.15) is 0 Å². The van der Waals surface area contributed by atoms with Crippen molar-refractivity contribution in [1.82, 2.24) is 14.7 Å². The number of hydrogen-bond donors (Lipinski definition) is 1. The van der Waals surface area contributed by atoms with Crippen molar-refractivity contribution in [3.63, 3.8) is 0 Å². The van der Waals surface area contributed by atoms with Gasteiger partial charge in [-0.2, -0.15) is 4.98 Å². The number of halogens is 1. The topological polar surface area (TPSA) is 81.2 Å². The van der Waals surface area contributed by atoms with Crippen LogP contribution in [0.1, 0.15) is 35.4 Å². The molecule has 0 fully saturated rings. The zero-order chi connectivity index (χ0) is 13.1. The van der Waals surface area contributed by atoms with Gasteiger partial charge in [-0.25, -0.2) is 4.79 Å². The first-order chi connectivity index (χ1) is 8.60. The quantitative estimate of drug-likeness (QED) is 0.916. The highest BCUT2D eigenvalue weighted by Gasteiger charge is 2.12. The van der Waals surface area contributed by atoms with Gasteiger partial charge in [-0.15, -0.1) is 0 Å². The molecule has 0 saturated carbocycles. The van der Waals surface area contributed by atoms with E-state index in [-0.39, 0.29) is 5.56 Å². The minimum atomic E-state index is -0.964. The molecule has 0 radical (unpaired) electrons. The molecule has 0 bridgehead atoms. The van der Waals surface area contributed by atoms with Crippen LogP contribution in [0.25, 0.3) is 0 Å². The zero-order valence-electron chi connectivity index (χ0n) is 9.76. The monoisotopic (exact) mass is 313 g/mol. The second kappa shape index (κ2) is 5.34. The fourth-order valence-electron chi connectivity index (χ4n) is 1.54. The van der Waals surface area contributed by atoms with Gasteiger partial charge in [0.15, 0.2) is 5.82 Å². The van der Waals surface area contributed by atoms with Gasteiger partial charge >= 0.3 is 5.97 Å². The van der Waals surface area contributed by atoms with Crippen LogP contribution in [0.4, 0.5) is 0 Å². The average Bonchev–Trinajstić information content (AvgIpc) is 2.88. The molecule has 18 heavy (non-hydrogen) atoms. The largest absolute Gasteiger partial charge is 0.478 e. The molecule has 2 heterocycles. The summed E-state index contributed by atoms with van der Waals surface area (Å²) in [5.41, 5.74) is 0.221. The molecule has 7 heteroatoms. The summed E-state index contributed by atoms with van der Waals surface area (Å²) < 4.78 is 7.45. The molecular weight excluding hydrogens is 302 g/mol. The Hall–Kier alpha value is -1.63. The fraction of sp³-hybridized carbons (Fsp3) is 0.364. The molecule has 96 valence electrons. The van der Waals surface area contributed by atoms with Crippen molar-refractivity contribution in [2.24, 2.45) is 0 Å². The molecular formula is C11H12BrN3O3. The van der Waals surface area contributed by atoms with E-state index in [0.717, 1.165) is 12.8 Å². The van der Waals surface area contributed by atoms with Gasteiger partial charge in [0.05, 0.1) is 16.7 Å². The molecule has 2 aromatic rings. The van der Waals surface area contributed by atoms with Crippen molar-refractivity contribution in [2.75, 3.05) is 0 Å². The SMILES string of the molecule is CCCc1nc(Cn2cc(C(=O)O)cc2Br)no1. The number of aromatic nitrogens is 3.